The van der Waals surface area contributed by atoms with Crippen LogP contribution in [-0.4, -0.2) is 85.6 Å². The highest BCUT2D eigenvalue weighted by molar-refractivity contribution is 7.17. The number of fused-ring (bicyclic) bond motifs is 1. The lowest BCUT2D eigenvalue weighted by Crippen LogP contribution is -2.37. The molecule has 300 valence electrons. The molecule has 2 aromatic carbocycles. The summed E-state index contributed by atoms with van der Waals surface area (Å²) in [5, 5.41) is 18.7. The second-order valence-electron chi connectivity index (χ2n) is 14.3. The molecule has 4 N–H and O–H groups in total. The predicted octanol–water partition coefficient (Wildman–Crippen LogP) is 7.33. The Labute approximate surface area is 339 Å². The third-order valence-electron chi connectivity index (χ3n) is 10.2. The fraction of sp³-hybridized carbons (Fsp3) is 0.452. The van der Waals surface area contributed by atoms with Crippen LogP contribution in [0.1, 0.15) is 114 Å². The molecule has 0 bridgehead atoms. The van der Waals surface area contributed by atoms with E-state index in [9.17, 15) is 24.0 Å². The number of amidine groups is 1. The van der Waals surface area contributed by atoms with Crippen molar-refractivity contribution in [3.05, 3.63) is 80.2 Å². The quantitative estimate of drug-likeness (QED) is 0.0402. The minimum Gasteiger partial charge on any atom is -0.384 e. The first-order valence-electron chi connectivity index (χ1n) is 19.2. The van der Waals surface area contributed by atoms with E-state index in [1.54, 1.807) is 43.5 Å². The molecular weight excluding hydrogens is 750 g/mol. The van der Waals surface area contributed by atoms with E-state index < -0.39 is 5.91 Å². The molecule has 0 spiro atoms. The van der Waals surface area contributed by atoms with Crippen LogP contribution in [0.4, 0.5) is 10.7 Å². The van der Waals surface area contributed by atoms with Crippen molar-refractivity contribution in [2.24, 2.45) is 4.99 Å². The molecule has 2 heterocycles. The number of rotatable bonds is 20. The minimum atomic E-state index is -0.410. The second kappa shape index (κ2) is 21.4. The number of nitrogens with zero attached hydrogens (tertiary/aromatic N) is 3. The number of thiophene rings is 1. The molecular formula is C42H54ClN7O5S. The van der Waals surface area contributed by atoms with Gasteiger partial charge in [-0.05, 0) is 70.7 Å². The summed E-state index contributed by atoms with van der Waals surface area (Å²) in [6.07, 6.45) is 7.47. The number of anilines is 2. The number of amides is 4. The summed E-state index contributed by atoms with van der Waals surface area (Å²) in [7, 11) is 1.64. The smallest absolute Gasteiger partial charge is 0.256 e. The van der Waals surface area contributed by atoms with Gasteiger partial charge >= 0.3 is 0 Å². The lowest BCUT2D eigenvalue weighted by atomic mass is 9.99. The molecule has 0 radical (unpaired) electrons. The number of benzene rings is 2. The fourth-order valence-electron chi connectivity index (χ4n) is 6.68. The molecule has 1 unspecified atom stereocenters. The van der Waals surface area contributed by atoms with Gasteiger partial charge in [-0.3, -0.25) is 39.7 Å². The van der Waals surface area contributed by atoms with Crippen molar-refractivity contribution in [3.63, 3.8) is 0 Å². The van der Waals surface area contributed by atoms with Crippen LogP contribution in [0.3, 0.4) is 0 Å². The Morgan fingerprint density at radius 1 is 1.02 bits per heavy atom. The topological polar surface area (TPSA) is 164 Å². The maximum atomic E-state index is 13.5. The van der Waals surface area contributed by atoms with Gasteiger partial charge < -0.3 is 20.4 Å². The Morgan fingerprint density at radius 2 is 1.70 bits per heavy atom. The van der Waals surface area contributed by atoms with Crippen molar-refractivity contribution in [2.75, 3.05) is 36.9 Å². The summed E-state index contributed by atoms with van der Waals surface area (Å²) < 4.78 is 0. The highest BCUT2D eigenvalue weighted by Crippen LogP contribution is 2.39. The Bertz CT molecular complexity index is 1910. The van der Waals surface area contributed by atoms with Gasteiger partial charge in [-0.25, -0.2) is 0 Å². The third-order valence-corrected chi connectivity index (χ3v) is 11.6. The van der Waals surface area contributed by atoms with Crippen LogP contribution in [-0.2, 0) is 14.4 Å². The van der Waals surface area contributed by atoms with Crippen LogP contribution in [0.2, 0.25) is 5.02 Å². The summed E-state index contributed by atoms with van der Waals surface area (Å²) >= 11 is 7.86. The summed E-state index contributed by atoms with van der Waals surface area (Å²) in [6.45, 7) is 9.43. The zero-order valence-electron chi connectivity index (χ0n) is 33.0. The van der Waals surface area contributed by atoms with Crippen LogP contribution in [0.15, 0.2) is 47.5 Å². The van der Waals surface area contributed by atoms with E-state index >= 15 is 0 Å². The molecule has 0 saturated carbocycles. The zero-order chi connectivity index (χ0) is 40.8. The largest absolute Gasteiger partial charge is 0.384 e. The lowest BCUT2D eigenvalue weighted by Gasteiger charge is -2.26. The van der Waals surface area contributed by atoms with Gasteiger partial charge in [0, 0.05) is 71.4 Å². The molecule has 1 aliphatic rings. The van der Waals surface area contributed by atoms with Gasteiger partial charge in [0.15, 0.2) is 6.29 Å². The van der Waals surface area contributed by atoms with E-state index in [4.69, 9.17) is 22.0 Å². The Morgan fingerprint density at radius 3 is 2.36 bits per heavy atom. The summed E-state index contributed by atoms with van der Waals surface area (Å²) in [5.41, 5.74) is 5.08. The van der Waals surface area contributed by atoms with Crippen molar-refractivity contribution in [1.29, 1.82) is 5.41 Å². The number of imide groups is 1. The summed E-state index contributed by atoms with van der Waals surface area (Å²) in [5.74, 6) is -0.368. The molecule has 0 fully saturated rings. The number of aliphatic imine (C=N–C) groups is 1. The SMILES string of the molecule is CC(=N)N1C[C@H](CC(=O)NCCCCCCCCNc2cccc(C=O)c2C(=O)N(C)C(C)CCC(=O)NC=O)N=C(c2ccc(Cl)cc2)c2c1sc(C)c2C. The van der Waals surface area contributed by atoms with Gasteiger partial charge in [-0.2, -0.15) is 0 Å². The maximum Gasteiger partial charge on any atom is 0.256 e. The normalized spacial score (nSPS) is 14.1. The standard InChI is InChI=1S/C42H54ClN7O5S/c1-27(15-20-36(53)47-26-52)49(5)41(55)39-32(25-51)13-12-14-35(39)45-21-10-8-6-7-9-11-22-46-37(54)23-34-24-50(30(4)44)42-38(28(2)29(3)56-42)40(48-34)31-16-18-33(43)19-17-31/h12-14,16-19,25-27,34,44-45H,6-11,15,20-24H2,1-5H3,(H,46,54)(H,47,52,53)/t27?,34-/m0/s1. The van der Waals surface area contributed by atoms with Crippen molar-refractivity contribution in [3.8, 4) is 0 Å². The number of hydrogen-bond acceptors (Lipinski definition) is 9. The van der Waals surface area contributed by atoms with Crippen LogP contribution < -0.4 is 20.9 Å². The predicted molar refractivity (Wildman–Crippen MR) is 226 cm³/mol. The highest BCUT2D eigenvalue weighted by atomic mass is 35.5. The van der Waals surface area contributed by atoms with Gasteiger partial charge in [0.05, 0.1) is 29.6 Å². The highest BCUT2D eigenvalue weighted by Gasteiger charge is 2.31. The maximum absolute atomic E-state index is 13.5. The monoisotopic (exact) mass is 803 g/mol. The van der Waals surface area contributed by atoms with Gasteiger partial charge in [0.25, 0.3) is 5.91 Å². The molecule has 12 nitrogen and oxygen atoms in total. The first kappa shape index (κ1) is 43.8. The van der Waals surface area contributed by atoms with E-state index in [-0.39, 0.29) is 36.7 Å². The Kier molecular flexibility index (Phi) is 16.8. The van der Waals surface area contributed by atoms with Gasteiger partial charge in [-0.15, -0.1) is 11.3 Å². The number of nitrogens with one attached hydrogen (secondary N) is 4. The number of halogens is 1. The van der Waals surface area contributed by atoms with Crippen LogP contribution in [0.5, 0.6) is 0 Å². The van der Waals surface area contributed by atoms with E-state index in [0.717, 1.165) is 65.9 Å². The van der Waals surface area contributed by atoms with Crippen molar-refractivity contribution in [2.45, 2.75) is 97.6 Å². The average Bonchev–Trinajstić information content (AvgIpc) is 3.36. The molecule has 1 aromatic heterocycles. The first-order chi connectivity index (χ1) is 26.9. The molecule has 4 amide bonds. The fourth-order valence-corrected chi connectivity index (χ4v) is 8.03. The summed E-state index contributed by atoms with van der Waals surface area (Å²) in [4.78, 5) is 70.5. The van der Waals surface area contributed by atoms with Gasteiger partial charge in [-0.1, -0.05) is 61.5 Å². The first-order valence-corrected chi connectivity index (χ1v) is 20.4. The van der Waals surface area contributed by atoms with Crippen LogP contribution in [0, 0.1) is 19.3 Å². The minimum absolute atomic E-state index is 0.0554. The number of hydrogen-bond donors (Lipinski definition) is 4. The molecule has 14 heteroatoms. The molecule has 2 atom stereocenters. The molecule has 3 aromatic rings. The van der Waals surface area contributed by atoms with E-state index in [1.165, 1.54) is 9.78 Å². The third kappa shape index (κ3) is 11.8. The Balaban J connectivity index is 1.21. The van der Waals surface area contributed by atoms with Crippen molar-refractivity contribution in [1.82, 2.24) is 15.5 Å². The molecule has 1 aliphatic heterocycles. The van der Waals surface area contributed by atoms with Crippen molar-refractivity contribution >= 4 is 75.6 Å². The second-order valence-corrected chi connectivity index (χ2v) is 15.9. The molecule has 4 rings (SSSR count). The number of carbonyl (C=O) groups excluding carboxylic acids is 5. The Hall–Kier alpha value is -4.88. The van der Waals surface area contributed by atoms with Crippen LogP contribution in [0.25, 0.3) is 0 Å². The molecule has 0 saturated heterocycles. The lowest BCUT2D eigenvalue weighted by molar-refractivity contribution is -0.125. The number of carbonyl (C=O) groups is 5. The number of unbranched alkanes of at least 4 members (excludes halogenated alkanes) is 5. The van der Waals surface area contributed by atoms with Gasteiger partial charge in [0.1, 0.15) is 5.00 Å². The number of aldehydes is 1. The van der Waals surface area contributed by atoms with Crippen LogP contribution >= 0.6 is 22.9 Å². The van der Waals surface area contributed by atoms with Crippen molar-refractivity contribution < 1.29 is 24.0 Å². The van der Waals surface area contributed by atoms with Gasteiger partial charge in [0.2, 0.25) is 18.2 Å². The van der Waals surface area contributed by atoms with E-state index in [1.807, 2.05) is 36.1 Å². The number of aryl methyl sites for hydroxylation is 1. The average molecular weight is 804 g/mol. The molecule has 0 aliphatic carbocycles. The molecule has 56 heavy (non-hydrogen) atoms. The summed E-state index contributed by atoms with van der Waals surface area (Å²) in [6, 6.07) is 12.1. The van der Waals surface area contributed by atoms with E-state index in [0.29, 0.717) is 66.4 Å². The zero-order valence-corrected chi connectivity index (χ0v) is 34.6. The van der Waals surface area contributed by atoms with E-state index in [2.05, 4.69) is 29.8 Å².